The molecule has 0 aromatic heterocycles. The van der Waals surface area contributed by atoms with Crippen LogP contribution in [0.1, 0.15) is 23.2 Å². The van der Waals surface area contributed by atoms with Crippen molar-refractivity contribution < 1.29 is 27.5 Å². The molecule has 0 unspecified atom stereocenters. The lowest BCUT2D eigenvalue weighted by Gasteiger charge is -2.25. The zero-order valence-electron chi connectivity index (χ0n) is 18.3. The van der Waals surface area contributed by atoms with Crippen LogP contribution >= 0.6 is 0 Å². The number of fused-ring (bicyclic) bond motifs is 1. The number of nitrogens with zero attached hydrogens (tertiary/aromatic N) is 2. The Morgan fingerprint density at radius 2 is 1.66 bits per heavy atom. The highest BCUT2D eigenvalue weighted by Crippen LogP contribution is 2.34. The van der Waals surface area contributed by atoms with Crippen LogP contribution in [0.25, 0.3) is 0 Å². The van der Waals surface area contributed by atoms with Gasteiger partial charge in [0.05, 0.1) is 11.9 Å². The van der Waals surface area contributed by atoms with E-state index in [9.17, 15) is 18.0 Å². The number of rotatable bonds is 8. The van der Waals surface area contributed by atoms with Crippen molar-refractivity contribution in [2.75, 3.05) is 49.7 Å². The van der Waals surface area contributed by atoms with Crippen molar-refractivity contribution in [3.63, 3.8) is 0 Å². The lowest BCUT2D eigenvalue weighted by atomic mass is 10.2. The Kier molecular flexibility index (Phi) is 7.24. The predicted octanol–water partition coefficient (Wildman–Crippen LogP) is 2.34. The van der Waals surface area contributed by atoms with E-state index >= 15 is 0 Å². The molecule has 9 nitrogen and oxygen atoms in total. The third-order valence-electron chi connectivity index (χ3n) is 4.80. The molecule has 2 amide bonds. The number of carbonyl (C=O) groups is 2. The largest absolute Gasteiger partial charge is 0.486 e. The highest BCUT2D eigenvalue weighted by molar-refractivity contribution is 7.92. The average Bonchev–Trinajstić information content (AvgIpc) is 2.75. The molecule has 0 fully saturated rings. The molecule has 0 saturated carbocycles. The van der Waals surface area contributed by atoms with Gasteiger partial charge >= 0.3 is 0 Å². The minimum absolute atomic E-state index is 0.122. The summed E-state index contributed by atoms with van der Waals surface area (Å²) in [5.41, 5.74) is 1.55. The second kappa shape index (κ2) is 9.90. The Morgan fingerprint density at radius 1 is 1.00 bits per heavy atom. The molecule has 1 N–H and O–H groups in total. The number of hydrogen-bond acceptors (Lipinski definition) is 6. The van der Waals surface area contributed by atoms with Crippen LogP contribution in [-0.4, -0.2) is 65.2 Å². The van der Waals surface area contributed by atoms with Gasteiger partial charge in [-0.3, -0.25) is 13.9 Å². The number of hydrogen-bond donors (Lipinski definition) is 1. The summed E-state index contributed by atoms with van der Waals surface area (Å²) in [5.74, 6) is 0.706. The quantitative estimate of drug-likeness (QED) is 0.647. The van der Waals surface area contributed by atoms with Gasteiger partial charge in [-0.25, -0.2) is 8.42 Å². The van der Waals surface area contributed by atoms with Crippen LogP contribution in [0.3, 0.4) is 0 Å². The predicted molar refractivity (Wildman–Crippen MR) is 122 cm³/mol. The summed E-state index contributed by atoms with van der Waals surface area (Å²) in [4.78, 5) is 25.7. The zero-order chi connectivity index (χ0) is 23.3. The lowest BCUT2D eigenvalue weighted by molar-refractivity contribution is -0.116. The smallest absolute Gasteiger partial charge is 0.253 e. The van der Waals surface area contributed by atoms with Crippen molar-refractivity contribution in [3.05, 3.63) is 48.0 Å². The minimum atomic E-state index is -3.55. The van der Waals surface area contributed by atoms with E-state index in [4.69, 9.17) is 9.47 Å². The van der Waals surface area contributed by atoms with E-state index in [1.807, 2.05) is 0 Å². The second-order valence-electron chi connectivity index (χ2n) is 7.59. The first-order valence-electron chi connectivity index (χ1n) is 10.1. The Hall–Kier alpha value is -3.27. The summed E-state index contributed by atoms with van der Waals surface area (Å²) < 4.78 is 36.9. The van der Waals surface area contributed by atoms with Gasteiger partial charge in [-0.15, -0.1) is 0 Å². The molecule has 0 aliphatic carbocycles. The molecule has 0 bridgehead atoms. The van der Waals surface area contributed by atoms with Gasteiger partial charge in [-0.1, -0.05) is 0 Å². The second-order valence-corrected chi connectivity index (χ2v) is 9.50. The molecule has 1 aliphatic rings. The van der Waals surface area contributed by atoms with Gasteiger partial charge in [0.15, 0.2) is 11.5 Å². The highest BCUT2D eigenvalue weighted by Gasteiger charge is 2.21. The molecular weight excluding hydrogens is 434 g/mol. The Morgan fingerprint density at radius 3 is 2.28 bits per heavy atom. The molecule has 0 spiro atoms. The van der Waals surface area contributed by atoms with Crippen LogP contribution in [0.5, 0.6) is 11.5 Å². The van der Waals surface area contributed by atoms with E-state index in [1.165, 1.54) is 9.21 Å². The van der Waals surface area contributed by atoms with Gasteiger partial charge in [0, 0.05) is 44.4 Å². The summed E-state index contributed by atoms with van der Waals surface area (Å²) in [6, 6.07) is 11.6. The van der Waals surface area contributed by atoms with E-state index in [1.54, 1.807) is 56.6 Å². The summed E-state index contributed by atoms with van der Waals surface area (Å²) in [7, 11) is -0.213. The van der Waals surface area contributed by atoms with Gasteiger partial charge in [0.25, 0.3) is 5.91 Å². The molecule has 0 radical (unpaired) electrons. The highest BCUT2D eigenvalue weighted by atomic mass is 32.2. The number of nitrogens with one attached hydrogen (secondary N) is 1. The van der Waals surface area contributed by atoms with Gasteiger partial charge < -0.3 is 19.7 Å². The molecule has 0 atom stereocenters. The number of anilines is 2. The van der Waals surface area contributed by atoms with Crippen molar-refractivity contribution in [2.45, 2.75) is 12.8 Å². The Balaban J connectivity index is 1.58. The summed E-state index contributed by atoms with van der Waals surface area (Å²) in [5, 5.41) is 2.76. The molecule has 3 rings (SSSR count). The van der Waals surface area contributed by atoms with Crippen LogP contribution < -0.4 is 19.1 Å². The Labute approximate surface area is 188 Å². The van der Waals surface area contributed by atoms with E-state index in [0.29, 0.717) is 48.1 Å². The average molecular weight is 462 g/mol. The summed E-state index contributed by atoms with van der Waals surface area (Å²) in [6.07, 6.45) is 1.58. The Bertz CT molecular complexity index is 1080. The van der Waals surface area contributed by atoms with Crippen LogP contribution in [0.2, 0.25) is 0 Å². The number of amides is 2. The molecule has 2 aromatic carbocycles. The van der Waals surface area contributed by atoms with Crippen molar-refractivity contribution in [1.29, 1.82) is 0 Å². The van der Waals surface area contributed by atoms with Crippen molar-refractivity contribution >= 4 is 33.2 Å². The molecule has 2 aromatic rings. The van der Waals surface area contributed by atoms with Gasteiger partial charge in [0.2, 0.25) is 15.9 Å². The molecule has 0 saturated heterocycles. The topological polar surface area (TPSA) is 105 Å². The monoisotopic (exact) mass is 461 g/mol. The van der Waals surface area contributed by atoms with Crippen molar-refractivity contribution in [3.8, 4) is 11.5 Å². The molecular formula is C22H27N3O6S. The van der Waals surface area contributed by atoms with Crippen molar-refractivity contribution in [1.82, 2.24) is 4.90 Å². The van der Waals surface area contributed by atoms with Gasteiger partial charge in [0.1, 0.15) is 13.2 Å². The molecule has 10 heteroatoms. The third-order valence-corrected chi connectivity index (χ3v) is 5.99. The standard InChI is InChI=1S/C22H27N3O6S/c1-24(2)22(27)16-6-8-17(9-7-16)23-21(26)5-4-12-25(32(3,28)29)18-10-11-19-20(15-18)31-14-13-30-19/h6-11,15H,4-5,12-14H2,1-3H3,(H,23,26). The number of sulfonamides is 1. The maximum Gasteiger partial charge on any atom is 0.253 e. The number of ether oxygens (including phenoxy) is 2. The number of carbonyl (C=O) groups excluding carboxylic acids is 2. The number of benzene rings is 2. The fourth-order valence-corrected chi connectivity index (χ4v) is 4.19. The fraction of sp³-hybridized carbons (Fsp3) is 0.364. The molecule has 1 heterocycles. The van der Waals surface area contributed by atoms with Crippen molar-refractivity contribution in [2.24, 2.45) is 0 Å². The van der Waals surface area contributed by atoms with E-state index in [0.717, 1.165) is 6.26 Å². The normalized spacial score (nSPS) is 12.7. The molecule has 172 valence electrons. The van der Waals surface area contributed by atoms with E-state index in [2.05, 4.69) is 5.32 Å². The molecule has 1 aliphatic heterocycles. The van der Waals surface area contributed by atoms with Crippen LogP contribution in [0.4, 0.5) is 11.4 Å². The van der Waals surface area contributed by atoms with Gasteiger partial charge in [-0.2, -0.15) is 0 Å². The minimum Gasteiger partial charge on any atom is -0.486 e. The maximum absolute atomic E-state index is 12.3. The van der Waals surface area contributed by atoms with Gasteiger partial charge in [-0.05, 0) is 42.8 Å². The first kappa shape index (κ1) is 23.4. The molecule has 32 heavy (non-hydrogen) atoms. The van der Waals surface area contributed by atoms with E-state index < -0.39 is 10.0 Å². The van der Waals surface area contributed by atoms with Crippen LogP contribution in [0.15, 0.2) is 42.5 Å². The maximum atomic E-state index is 12.3. The van der Waals surface area contributed by atoms with Crippen LogP contribution in [0, 0.1) is 0 Å². The van der Waals surface area contributed by atoms with E-state index in [-0.39, 0.29) is 24.8 Å². The van der Waals surface area contributed by atoms with Crippen LogP contribution in [-0.2, 0) is 14.8 Å². The lowest BCUT2D eigenvalue weighted by Crippen LogP contribution is -2.31. The third kappa shape index (κ3) is 5.91. The SMILES string of the molecule is CN(C)C(=O)c1ccc(NC(=O)CCCN(c2ccc3c(c2)OCCO3)S(C)(=O)=O)cc1. The fourth-order valence-electron chi connectivity index (χ4n) is 3.23. The first-order valence-corrected chi connectivity index (χ1v) is 12.0. The first-order chi connectivity index (χ1) is 15.1. The summed E-state index contributed by atoms with van der Waals surface area (Å²) >= 11 is 0. The summed E-state index contributed by atoms with van der Waals surface area (Å²) in [6.45, 7) is 0.994. The zero-order valence-corrected chi connectivity index (χ0v) is 19.1.